The van der Waals surface area contributed by atoms with Gasteiger partial charge in [-0.15, -0.1) is 0 Å². The standard InChI is InChI=1S/C17H25F2NO4/c1-17(5-4-6-23-11-17)20-9-12-7-13(21-2)16(14(8-12)22-3)24-10-15(18)19/h7-8,15,20H,4-6,9-11H2,1-3H3. The third-order valence-electron chi connectivity index (χ3n) is 4.03. The molecule has 0 amide bonds. The van der Waals surface area contributed by atoms with Gasteiger partial charge in [-0.05, 0) is 37.5 Å². The summed E-state index contributed by atoms with van der Waals surface area (Å²) in [5.41, 5.74) is 0.837. The molecule has 1 aliphatic heterocycles. The fourth-order valence-corrected chi connectivity index (χ4v) is 2.71. The molecule has 1 saturated heterocycles. The monoisotopic (exact) mass is 345 g/mol. The molecule has 1 heterocycles. The van der Waals surface area contributed by atoms with Gasteiger partial charge in [-0.3, -0.25) is 0 Å². The van der Waals surface area contributed by atoms with Crippen molar-refractivity contribution in [3.63, 3.8) is 0 Å². The number of halogens is 2. The van der Waals surface area contributed by atoms with Crippen LogP contribution in [0.25, 0.3) is 0 Å². The van der Waals surface area contributed by atoms with Gasteiger partial charge in [0.25, 0.3) is 6.43 Å². The first-order chi connectivity index (χ1) is 11.5. The number of rotatable bonds is 8. The SMILES string of the molecule is COc1cc(CNC2(C)CCCOC2)cc(OC)c1OCC(F)F. The molecule has 1 unspecified atom stereocenters. The van der Waals surface area contributed by atoms with E-state index in [1.54, 1.807) is 12.1 Å². The van der Waals surface area contributed by atoms with Gasteiger partial charge < -0.3 is 24.3 Å². The Hall–Kier alpha value is -1.60. The second-order valence-corrected chi connectivity index (χ2v) is 6.10. The number of hydrogen-bond acceptors (Lipinski definition) is 5. The Balaban J connectivity index is 2.12. The maximum Gasteiger partial charge on any atom is 0.272 e. The van der Waals surface area contributed by atoms with Crippen molar-refractivity contribution in [3.8, 4) is 17.2 Å². The number of ether oxygens (including phenoxy) is 4. The summed E-state index contributed by atoms with van der Waals surface area (Å²) < 4.78 is 46.0. The van der Waals surface area contributed by atoms with Gasteiger partial charge in [0.15, 0.2) is 11.5 Å². The molecule has 5 nitrogen and oxygen atoms in total. The van der Waals surface area contributed by atoms with Crippen molar-refractivity contribution in [2.24, 2.45) is 0 Å². The maximum atomic E-state index is 12.4. The first kappa shape index (κ1) is 18.7. The van der Waals surface area contributed by atoms with Crippen LogP contribution in [0.4, 0.5) is 8.78 Å². The zero-order valence-electron chi connectivity index (χ0n) is 14.4. The minimum absolute atomic E-state index is 0.0798. The predicted molar refractivity (Wildman–Crippen MR) is 86.3 cm³/mol. The van der Waals surface area contributed by atoms with Crippen LogP contribution in [0.2, 0.25) is 0 Å². The van der Waals surface area contributed by atoms with Gasteiger partial charge >= 0.3 is 0 Å². The summed E-state index contributed by atoms with van der Waals surface area (Å²) in [4.78, 5) is 0. The normalized spacial score (nSPS) is 20.9. The van der Waals surface area contributed by atoms with E-state index in [9.17, 15) is 8.78 Å². The summed E-state index contributed by atoms with van der Waals surface area (Å²) in [6.45, 7) is 3.47. The molecular weight excluding hydrogens is 320 g/mol. The molecule has 1 N–H and O–H groups in total. The highest BCUT2D eigenvalue weighted by atomic mass is 19.3. The van der Waals surface area contributed by atoms with Crippen LogP contribution in [0.1, 0.15) is 25.3 Å². The minimum atomic E-state index is -2.56. The Bertz CT molecular complexity index is 508. The van der Waals surface area contributed by atoms with Gasteiger partial charge in [-0.1, -0.05) is 0 Å². The smallest absolute Gasteiger partial charge is 0.272 e. The van der Waals surface area contributed by atoms with E-state index in [2.05, 4.69) is 12.2 Å². The Morgan fingerprint density at radius 3 is 2.42 bits per heavy atom. The van der Waals surface area contributed by atoms with E-state index in [1.807, 2.05) is 0 Å². The van der Waals surface area contributed by atoms with Crippen LogP contribution in [0.5, 0.6) is 17.2 Å². The lowest BCUT2D eigenvalue weighted by molar-refractivity contribution is 0.0277. The van der Waals surface area contributed by atoms with Crippen molar-refractivity contribution in [1.82, 2.24) is 5.32 Å². The molecule has 136 valence electrons. The topological polar surface area (TPSA) is 49.0 Å². The van der Waals surface area contributed by atoms with Crippen molar-refractivity contribution >= 4 is 0 Å². The van der Waals surface area contributed by atoms with Gasteiger partial charge in [0, 0.05) is 18.7 Å². The fourth-order valence-electron chi connectivity index (χ4n) is 2.71. The van der Waals surface area contributed by atoms with Crippen LogP contribution in [-0.2, 0) is 11.3 Å². The molecule has 2 rings (SSSR count). The summed E-state index contributed by atoms with van der Waals surface area (Å²) in [6.07, 6.45) is -0.500. The Morgan fingerprint density at radius 2 is 1.92 bits per heavy atom. The molecule has 1 fully saturated rings. The van der Waals surface area contributed by atoms with E-state index >= 15 is 0 Å². The molecule has 0 bridgehead atoms. The van der Waals surface area contributed by atoms with E-state index in [4.69, 9.17) is 18.9 Å². The van der Waals surface area contributed by atoms with Crippen LogP contribution < -0.4 is 19.5 Å². The molecule has 0 aromatic heterocycles. The molecule has 1 atom stereocenters. The van der Waals surface area contributed by atoms with Crippen molar-refractivity contribution < 1.29 is 27.7 Å². The average molecular weight is 345 g/mol. The highest BCUT2D eigenvalue weighted by Gasteiger charge is 2.27. The van der Waals surface area contributed by atoms with Crippen LogP contribution in [0.3, 0.4) is 0 Å². The molecule has 0 aliphatic carbocycles. The molecule has 1 aromatic carbocycles. The highest BCUT2D eigenvalue weighted by Crippen LogP contribution is 2.39. The minimum Gasteiger partial charge on any atom is -0.493 e. The maximum absolute atomic E-state index is 12.4. The Morgan fingerprint density at radius 1 is 1.25 bits per heavy atom. The first-order valence-electron chi connectivity index (χ1n) is 7.96. The van der Waals surface area contributed by atoms with E-state index in [0.29, 0.717) is 24.7 Å². The third-order valence-corrected chi connectivity index (χ3v) is 4.03. The number of nitrogens with one attached hydrogen (secondary N) is 1. The van der Waals surface area contributed by atoms with E-state index < -0.39 is 13.0 Å². The second-order valence-electron chi connectivity index (χ2n) is 6.10. The molecule has 24 heavy (non-hydrogen) atoms. The lowest BCUT2D eigenvalue weighted by Crippen LogP contribution is -2.48. The van der Waals surface area contributed by atoms with Crippen LogP contribution in [0, 0.1) is 0 Å². The molecule has 1 aliphatic rings. The lowest BCUT2D eigenvalue weighted by atomic mass is 9.94. The van der Waals surface area contributed by atoms with Crippen molar-refractivity contribution in [3.05, 3.63) is 17.7 Å². The molecule has 1 aromatic rings. The average Bonchev–Trinajstić information content (AvgIpc) is 2.58. The summed E-state index contributed by atoms with van der Waals surface area (Å²) in [6, 6.07) is 3.53. The summed E-state index contributed by atoms with van der Waals surface area (Å²) in [5, 5.41) is 3.49. The number of alkyl halides is 2. The van der Waals surface area contributed by atoms with Crippen molar-refractivity contribution in [1.29, 1.82) is 0 Å². The molecule has 7 heteroatoms. The van der Waals surface area contributed by atoms with E-state index in [0.717, 1.165) is 25.0 Å². The van der Waals surface area contributed by atoms with Crippen LogP contribution >= 0.6 is 0 Å². The molecular formula is C17H25F2NO4. The zero-order valence-corrected chi connectivity index (χ0v) is 14.4. The van der Waals surface area contributed by atoms with Crippen molar-refractivity contribution in [2.45, 2.75) is 38.3 Å². The van der Waals surface area contributed by atoms with Crippen LogP contribution in [0.15, 0.2) is 12.1 Å². The fraction of sp³-hybridized carbons (Fsp3) is 0.647. The number of benzene rings is 1. The number of hydrogen-bond donors (Lipinski definition) is 1. The summed E-state index contributed by atoms with van der Waals surface area (Å²) in [5.74, 6) is 0.935. The van der Waals surface area contributed by atoms with E-state index in [-0.39, 0.29) is 11.3 Å². The first-order valence-corrected chi connectivity index (χ1v) is 7.96. The molecule has 0 saturated carbocycles. The third kappa shape index (κ3) is 4.95. The van der Waals surface area contributed by atoms with E-state index in [1.165, 1.54) is 14.2 Å². The number of methoxy groups -OCH3 is 2. The summed E-state index contributed by atoms with van der Waals surface area (Å²) in [7, 11) is 2.94. The second kappa shape index (κ2) is 8.48. The largest absolute Gasteiger partial charge is 0.493 e. The lowest BCUT2D eigenvalue weighted by Gasteiger charge is -2.34. The molecule has 0 radical (unpaired) electrons. The van der Waals surface area contributed by atoms with Crippen molar-refractivity contribution in [2.75, 3.05) is 34.0 Å². The quantitative estimate of drug-likeness (QED) is 0.785. The van der Waals surface area contributed by atoms with Gasteiger partial charge in [0.05, 0.1) is 20.8 Å². The molecule has 0 spiro atoms. The van der Waals surface area contributed by atoms with Gasteiger partial charge in [-0.25, -0.2) is 8.78 Å². The van der Waals surface area contributed by atoms with Gasteiger partial charge in [-0.2, -0.15) is 0 Å². The highest BCUT2D eigenvalue weighted by molar-refractivity contribution is 5.53. The van der Waals surface area contributed by atoms with Crippen LogP contribution in [-0.4, -0.2) is 46.0 Å². The Kier molecular flexibility index (Phi) is 6.62. The Labute approximate surface area is 141 Å². The van der Waals surface area contributed by atoms with Gasteiger partial charge in [0.1, 0.15) is 6.61 Å². The summed E-state index contributed by atoms with van der Waals surface area (Å²) >= 11 is 0. The van der Waals surface area contributed by atoms with Gasteiger partial charge in [0.2, 0.25) is 5.75 Å². The predicted octanol–water partition coefficient (Wildman–Crippen LogP) is 3.01. The zero-order chi connectivity index (χ0) is 17.6.